The molecule has 5 N–H and O–H groups in total. The molecule has 2 amide bonds. The maximum absolute atomic E-state index is 11.8. The first-order valence-corrected chi connectivity index (χ1v) is 6.31. The molecule has 104 valence electrons. The minimum atomic E-state index is -0.736. The van der Waals surface area contributed by atoms with Gasteiger partial charge in [0, 0.05) is 6.42 Å². The Labute approximate surface area is 113 Å². The summed E-state index contributed by atoms with van der Waals surface area (Å²) in [5.74, 6) is -0.909. The Hall–Kier alpha value is -1.88. The SMILES string of the molecule is CC(C)[C@H](N)C(=O)N[C@@H](Cc1ccccc1)C(N)=O. The summed E-state index contributed by atoms with van der Waals surface area (Å²) in [6, 6.07) is 8.01. The van der Waals surface area contributed by atoms with Gasteiger partial charge in [0.1, 0.15) is 6.04 Å². The van der Waals surface area contributed by atoms with Crippen LogP contribution in [0.25, 0.3) is 0 Å². The second-order valence-corrected chi connectivity index (χ2v) is 4.92. The van der Waals surface area contributed by atoms with Crippen LogP contribution in [0.4, 0.5) is 0 Å². The fourth-order valence-electron chi connectivity index (χ4n) is 1.64. The first-order valence-electron chi connectivity index (χ1n) is 6.31. The van der Waals surface area contributed by atoms with E-state index in [1.807, 2.05) is 44.2 Å². The van der Waals surface area contributed by atoms with Crippen LogP contribution in [-0.4, -0.2) is 23.9 Å². The van der Waals surface area contributed by atoms with Gasteiger partial charge < -0.3 is 16.8 Å². The zero-order valence-corrected chi connectivity index (χ0v) is 11.3. The average Bonchev–Trinajstić information content (AvgIpc) is 2.37. The second-order valence-electron chi connectivity index (χ2n) is 4.92. The highest BCUT2D eigenvalue weighted by Crippen LogP contribution is 2.04. The van der Waals surface area contributed by atoms with Crippen LogP contribution in [0, 0.1) is 5.92 Å². The van der Waals surface area contributed by atoms with Crippen molar-refractivity contribution >= 4 is 11.8 Å². The maximum Gasteiger partial charge on any atom is 0.240 e. The first kappa shape index (κ1) is 15.2. The van der Waals surface area contributed by atoms with Crippen molar-refractivity contribution in [3.8, 4) is 0 Å². The van der Waals surface area contributed by atoms with Crippen LogP contribution >= 0.6 is 0 Å². The monoisotopic (exact) mass is 263 g/mol. The third-order valence-corrected chi connectivity index (χ3v) is 2.96. The van der Waals surface area contributed by atoms with Crippen LogP contribution in [-0.2, 0) is 16.0 Å². The molecule has 5 nitrogen and oxygen atoms in total. The topological polar surface area (TPSA) is 98.2 Å². The van der Waals surface area contributed by atoms with E-state index in [9.17, 15) is 9.59 Å². The number of rotatable bonds is 6. The fraction of sp³-hybridized carbons (Fsp3) is 0.429. The summed E-state index contributed by atoms with van der Waals surface area (Å²) in [5, 5.41) is 2.61. The molecule has 0 saturated heterocycles. The van der Waals surface area contributed by atoms with Crippen molar-refractivity contribution in [1.29, 1.82) is 0 Å². The normalized spacial score (nSPS) is 13.9. The van der Waals surface area contributed by atoms with E-state index in [0.29, 0.717) is 6.42 Å². The highest BCUT2D eigenvalue weighted by atomic mass is 16.2. The van der Waals surface area contributed by atoms with Gasteiger partial charge in [-0.15, -0.1) is 0 Å². The lowest BCUT2D eigenvalue weighted by Gasteiger charge is -2.20. The van der Waals surface area contributed by atoms with E-state index in [0.717, 1.165) is 5.56 Å². The quantitative estimate of drug-likeness (QED) is 0.683. The van der Waals surface area contributed by atoms with Crippen molar-refractivity contribution in [3.63, 3.8) is 0 Å². The minimum Gasteiger partial charge on any atom is -0.368 e. The van der Waals surface area contributed by atoms with E-state index in [1.54, 1.807) is 0 Å². The summed E-state index contributed by atoms with van der Waals surface area (Å²) in [4.78, 5) is 23.2. The van der Waals surface area contributed by atoms with Crippen LogP contribution in [0.15, 0.2) is 30.3 Å². The summed E-state index contributed by atoms with van der Waals surface area (Å²) < 4.78 is 0. The number of carbonyl (C=O) groups excluding carboxylic acids is 2. The lowest BCUT2D eigenvalue weighted by molar-refractivity contribution is -0.128. The Morgan fingerprint density at radius 1 is 1.21 bits per heavy atom. The van der Waals surface area contributed by atoms with E-state index in [-0.39, 0.29) is 11.8 Å². The van der Waals surface area contributed by atoms with Crippen molar-refractivity contribution in [2.45, 2.75) is 32.4 Å². The van der Waals surface area contributed by atoms with Crippen molar-refractivity contribution in [2.24, 2.45) is 17.4 Å². The van der Waals surface area contributed by atoms with Gasteiger partial charge in [-0.05, 0) is 11.5 Å². The van der Waals surface area contributed by atoms with Gasteiger partial charge in [0.2, 0.25) is 11.8 Å². The van der Waals surface area contributed by atoms with Crippen LogP contribution < -0.4 is 16.8 Å². The van der Waals surface area contributed by atoms with Crippen LogP contribution in [0.5, 0.6) is 0 Å². The second kappa shape index (κ2) is 6.89. The number of primary amides is 1. The summed E-state index contributed by atoms with van der Waals surface area (Å²) in [5.41, 5.74) is 12.0. The first-order chi connectivity index (χ1) is 8.91. The largest absolute Gasteiger partial charge is 0.368 e. The molecule has 0 fully saturated rings. The van der Waals surface area contributed by atoms with Crippen molar-refractivity contribution < 1.29 is 9.59 Å². The molecule has 0 saturated carbocycles. The molecule has 5 heteroatoms. The van der Waals surface area contributed by atoms with Crippen molar-refractivity contribution in [1.82, 2.24) is 5.32 Å². The highest BCUT2D eigenvalue weighted by molar-refractivity contribution is 5.89. The molecule has 0 aliphatic carbocycles. The Morgan fingerprint density at radius 2 is 1.79 bits per heavy atom. The molecule has 0 heterocycles. The van der Waals surface area contributed by atoms with E-state index in [2.05, 4.69) is 5.32 Å². The molecule has 1 rings (SSSR count). The third kappa shape index (κ3) is 4.71. The van der Waals surface area contributed by atoms with Gasteiger partial charge in [-0.3, -0.25) is 9.59 Å². The summed E-state index contributed by atoms with van der Waals surface area (Å²) >= 11 is 0. The van der Waals surface area contributed by atoms with Crippen LogP contribution in [0.1, 0.15) is 19.4 Å². The number of hydrogen-bond acceptors (Lipinski definition) is 3. The van der Waals surface area contributed by atoms with Crippen LogP contribution in [0.2, 0.25) is 0 Å². The fourth-order valence-corrected chi connectivity index (χ4v) is 1.64. The number of amides is 2. The summed E-state index contributed by atoms with van der Waals surface area (Å²) in [6.07, 6.45) is 0.368. The Balaban J connectivity index is 2.69. The molecule has 0 aliphatic rings. The lowest BCUT2D eigenvalue weighted by Crippen LogP contribution is -2.52. The van der Waals surface area contributed by atoms with Gasteiger partial charge >= 0.3 is 0 Å². The Bertz CT molecular complexity index is 432. The van der Waals surface area contributed by atoms with Gasteiger partial charge in [0.05, 0.1) is 6.04 Å². The molecule has 1 aromatic rings. The summed E-state index contributed by atoms with van der Waals surface area (Å²) in [7, 11) is 0. The standard InChI is InChI=1S/C14H21N3O2/c1-9(2)12(15)14(19)17-11(13(16)18)8-10-6-4-3-5-7-10/h3-7,9,11-12H,8,15H2,1-2H3,(H2,16,18)(H,17,19)/t11-,12-/m0/s1. The molecule has 0 spiro atoms. The molecule has 2 atom stereocenters. The maximum atomic E-state index is 11.8. The number of benzene rings is 1. The van der Waals surface area contributed by atoms with E-state index in [4.69, 9.17) is 11.5 Å². The smallest absolute Gasteiger partial charge is 0.240 e. The molecule has 0 aromatic heterocycles. The van der Waals surface area contributed by atoms with Gasteiger partial charge in [-0.1, -0.05) is 44.2 Å². The lowest BCUT2D eigenvalue weighted by atomic mass is 10.0. The predicted octanol–water partition coefficient (Wildman–Crippen LogP) is 0.183. The minimum absolute atomic E-state index is 0.00486. The number of nitrogens with two attached hydrogens (primary N) is 2. The molecular weight excluding hydrogens is 242 g/mol. The molecule has 0 bridgehead atoms. The van der Waals surface area contributed by atoms with Crippen molar-refractivity contribution in [3.05, 3.63) is 35.9 Å². The van der Waals surface area contributed by atoms with Crippen LogP contribution in [0.3, 0.4) is 0 Å². The Morgan fingerprint density at radius 3 is 2.26 bits per heavy atom. The molecule has 0 unspecified atom stereocenters. The molecule has 0 radical (unpaired) electrons. The average molecular weight is 263 g/mol. The summed E-state index contributed by atoms with van der Waals surface area (Å²) in [6.45, 7) is 3.70. The number of carbonyl (C=O) groups is 2. The molecule has 1 aromatic carbocycles. The zero-order chi connectivity index (χ0) is 14.4. The van der Waals surface area contributed by atoms with Gasteiger partial charge in [0.25, 0.3) is 0 Å². The molecule has 19 heavy (non-hydrogen) atoms. The zero-order valence-electron chi connectivity index (χ0n) is 11.3. The van der Waals surface area contributed by atoms with Crippen molar-refractivity contribution in [2.75, 3.05) is 0 Å². The van der Waals surface area contributed by atoms with E-state index in [1.165, 1.54) is 0 Å². The third-order valence-electron chi connectivity index (χ3n) is 2.96. The van der Waals surface area contributed by atoms with Gasteiger partial charge in [0.15, 0.2) is 0 Å². The van der Waals surface area contributed by atoms with E-state index < -0.39 is 18.0 Å². The number of nitrogens with one attached hydrogen (secondary N) is 1. The Kier molecular flexibility index (Phi) is 5.51. The van der Waals surface area contributed by atoms with Gasteiger partial charge in [-0.2, -0.15) is 0 Å². The molecular formula is C14H21N3O2. The molecule has 0 aliphatic heterocycles. The predicted molar refractivity (Wildman–Crippen MR) is 74.1 cm³/mol. The van der Waals surface area contributed by atoms with E-state index >= 15 is 0 Å². The highest BCUT2D eigenvalue weighted by Gasteiger charge is 2.23. The number of hydrogen-bond donors (Lipinski definition) is 3. The van der Waals surface area contributed by atoms with Gasteiger partial charge in [-0.25, -0.2) is 0 Å².